The summed E-state index contributed by atoms with van der Waals surface area (Å²) in [5, 5.41) is 11.9. The molecule has 0 radical (unpaired) electrons. The number of anilines is 1. The summed E-state index contributed by atoms with van der Waals surface area (Å²) in [4.78, 5) is 14.2. The van der Waals surface area contributed by atoms with Crippen molar-refractivity contribution in [2.75, 3.05) is 25.6 Å². The van der Waals surface area contributed by atoms with Gasteiger partial charge in [0.2, 0.25) is 0 Å². The van der Waals surface area contributed by atoms with Crippen LogP contribution in [-0.4, -0.2) is 42.3 Å². The van der Waals surface area contributed by atoms with E-state index in [2.05, 4.69) is 5.32 Å². The third-order valence-corrected chi connectivity index (χ3v) is 3.68. The largest absolute Gasteiger partial charge is 0.495 e. The zero-order valence-electron chi connectivity index (χ0n) is 11.8. The van der Waals surface area contributed by atoms with Crippen molar-refractivity contribution in [3.63, 3.8) is 0 Å². The lowest BCUT2D eigenvalue weighted by Gasteiger charge is -2.37. The predicted molar refractivity (Wildman–Crippen MR) is 78.1 cm³/mol. The number of aliphatic hydroxyl groups excluding tert-OH is 1. The van der Waals surface area contributed by atoms with Gasteiger partial charge in [0.15, 0.2) is 0 Å². The van der Waals surface area contributed by atoms with Gasteiger partial charge < -0.3 is 20.1 Å². The van der Waals surface area contributed by atoms with Crippen LogP contribution in [0.5, 0.6) is 5.75 Å². The van der Waals surface area contributed by atoms with Crippen molar-refractivity contribution in [3.8, 4) is 5.75 Å². The van der Waals surface area contributed by atoms with Crippen molar-refractivity contribution in [3.05, 3.63) is 24.3 Å². The highest BCUT2D eigenvalue weighted by atomic mass is 16.5. The van der Waals surface area contributed by atoms with Crippen LogP contribution in [0.1, 0.15) is 25.7 Å². The van der Waals surface area contributed by atoms with Crippen LogP contribution in [0.2, 0.25) is 0 Å². The fraction of sp³-hybridized carbons (Fsp3) is 0.533. The number of carbonyl (C=O) groups excluding carboxylic acids is 1. The van der Waals surface area contributed by atoms with E-state index in [9.17, 15) is 4.79 Å². The number of rotatable bonds is 6. The molecule has 0 unspecified atom stereocenters. The Labute approximate surface area is 119 Å². The number of hydrogen-bond acceptors (Lipinski definition) is 3. The minimum absolute atomic E-state index is 0.102. The SMILES string of the molecule is COc1ccccc1NC(=O)N(CCCO)C1CCC1. The fourth-order valence-corrected chi connectivity index (χ4v) is 2.32. The molecule has 5 heteroatoms. The molecule has 1 aliphatic rings. The molecule has 1 aromatic carbocycles. The molecule has 0 atom stereocenters. The summed E-state index contributed by atoms with van der Waals surface area (Å²) < 4.78 is 5.23. The van der Waals surface area contributed by atoms with Gasteiger partial charge >= 0.3 is 6.03 Å². The van der Waals surface area contributed by atoms with Crippen LogP contribution in [0.25, 0.3) is 0 Å². The highest BCUT2D eigenvalue weighted by molar-refractivity contribution is 5.91. The molecule has 0 spiro atoms. The number of nitrogens with one attached hydrogen (secondary N) is 1. The molecule has 1 aliphatic carbocycles. The first-order valence-electron chi connectivity index (χ1n) is 7.07. The molecule has 0 bridgehead atoms. The molecule has 5 nitrogen and oxygen atoms in total. The van der Waals surface area contributed by atoms with Crippen LogP contribution < -0.4 is 10.1 Å². The Morgan fingerprint density at radius 2 is 2.20 bits per heavy atom. The predicted octanol–water partition coefficient (Wildman–Crippen LogP) is 2.46. The molecule has 0 aliphatic heterocycles. The van der Waals surface area contributed by atoms with E-state index in [1.807, 2.05) is 29.2 Å². The maximum Gasteiger partial charge on any atom is 0.322 e. The number of hydrogen-bond donors (Lipinski definition) is 2. The van der Waals surface area contributed by atoms with Crippen LogP contribution in [0.3, 0.4) is 0 Å². The Morgan fingerprint density at radius 3 is 2.80 bits per heavy atom. The van der Waals surface area contributed by atoms with E-state index in [1.54, 1.807) is 7.11 Å². The van der Waals surface area contributed by atoms with Gasteiger partial charge in [0.05, 0.1) is 12.8 Å². The monoisotopic (exact) mass is 278 g/mol. The molecule has 0 aromatic heterocycles. The topological polar surface area (TPSA) is 61.8 Å². The van der Waals surface area contributed by atoms with Crippen molar-refractivity contribution in [1.82, 2.24) is 4.90 Å². The first-order chi connectivity index (χ1) is 9.76. The van der Waals surface area contributed by atoms with Crippen LogP contribution >= 0.6 is 0 Å². The number of urea groups is 1. The third kappa shape index (κ3) is 3.42. The zero-order chi connectivity index (χ0) is 14.4. The molecule has 20 heavy (non-hydrogen) atoms. The summed E-state index contributed by atoms with van der Waals surface area (Å²) in [7, 11) is 1.58. The van der Waals surface area contributed by atoms with Crippen molar-refractivity contribution < 1.29 is 14.6 Å². The minimum atomic E-state index is -0.118. The lowest BCUT2D eigenvalue weighted by atomic mass is 9.91. The van der Waals surface area contributed by atoms with Gasteiger partial charge in [0, 0.05) is 19.2 Å². The van der Waals surface area contributed by atoms with E-state index >= 15 is 0 Å². The molecule has 2 N–H and O–H groups in total. The van der Waals surface area contributed by atoms with Gasteiger partial charge in [-0.1, -0.05) is 12.1 Å². The van der Waals surface area contributed by atoms with Gasteiger partial charge in [-0.15, -0.1) is 0 Å². The average molecular weight is 278 g/mol. The van der Waals surface area contributed by atoms with Crippen LogP contribution in [0.4, 0.5) is 10.5 Å². The molecule has 0 heterocycles. The lowest BCUT2D eigenvalue weighted by Crippen LogP contribution is -2.47. The molecule has 2 rings (SSSR count). The number of para-hydroxylation sites is 2. The Bertz CT molecular complexity index is 446. The van der Waals surface area contributed by atoms with Gasteiger partial charge in [0.1, 0.15) is 5.75 Å². The highest BCUT2D eigenvalue weighted by Crippen LogP contribution is 2.27. The van der Waals surface area contributed by atoms with E-state index in [0.717, 1.165) is 12.8 Å². The first-order valence-corrected chi connectivity index (χ1v) is 7.07. The maximum atomic E-state index is 12.4. The lowest BCUT2D eigenvalue weighted by molar-refractivity contribution is 0.140. The van der Waals surface area contributed by atoms with Crippen LogP contribution in [0, 0.1) is 0 Å². The standard InChI is InChI=1S/C15H22N2O3/c1-20-14-9-3-2-8-13(14)16-15(19)17(10-5-11-18)12-6-4-7-12/h2-3,8-9,12,18H,4-7,10-11H2,1H3,(H,16,19). The van der Waals surface area contributed by atoms with Gasteiger partial charge in [-0.05, 0) is 37.8 Å². The number of methoxy groups -OCH3 is 1. The normalized spacial score (nSPS) is 14.5. The summed E-state index contributed by atoms with van der Waals surface area (Å²) in [6, 6.07) is 7.55. The molecule has 1 fully saturated rings. The Kier molecular flexibility index (Phi) is 5.24. The molecule has 0 saturated heterocycles. The zero-order valence-corrected chi connectivity index (χ0v) is 11.8. The van der Waals surface area contributed by atoms with Crippen molar-refractivity contribution in [2.24, 2.45) is 0 Å². The Hall–Kier alpha value is -1.75. The molecule has 1 saturated carbocycles. The summed E-state index contributed by atoms with van der Waals surface area (Å²) in [5.41, 5.74) is 0.674. The molecule has 2 amide bonds. The summed E-state index contributed by atoms with van der Waals surface area (Å²) in [5.74, 6) is 0.650. The van der Waals surface area contributed by atoms with E-state index in [-0.39, 0.29) is 12.6 Å². The van der Waals surface area contributed by atoms with Crippen LogP contribution in [-0.2, 0) is 0 Å². The molecule has 110 valence electrons. The molecule has 1 aromatic rings. The number of aliphatic hydroxyl groups is 1. The number of ether oxygens (including phenoxy) is 1. The number of amides is 2. The minimum Gasteiger partial charge on any atom is -0.495 e. The van der Waals surface area contributed by atoms with E-state index in [4.69, 9.17) is 9.84 Å². The molecular formula is C15H22N2O3. The second-order valence-corrected chi connectivity index (χ2v) is 4.99. The summed E-state index contributed by atoms with van der Waals surface area (Å²) in [6.07, 6.45) is 3.87. The fourth-order valence-electron chi connectivity index (χ4n) is 2.32. The van der Waals surface area contributed by atoms with Crippen molar-refractivity contribution in [1.29, 1.82) is 0 Å². The summed E-state index contributed by atoms with van der Waals surface area (Å²) in [6.45, 7) is 0.688. The second-order valence-electron chi connectivity index (χ2n) is 4.99. The van der Waals surface area contributed by atoms with Crippen molar-refractivity contribution in [2.45, 2.75) is 31.7 Å². The van der Waals surface area contributed by atoms with E-state index < -0.39 is 0 Å². The smallest absolute Gasteiger partial charge is 0.322 e. The Morgan fingerprint density at radius 1 is 1.45 bits per heavy atom. The van der Waals surface area contributed by atoms with Gasteiger partial charge in [-0.25, -0.2) is 4.79 Å². The van der Waals surface area contributed by atoms with Gasteiger partial charge in [0.25, 0.3) is 0 Å². The number of nitrogens with zero attached hydrogens (tertiary/aromatic N) is 1. The van der Waals surface area contributed by atoms with Gasteiger partial charge in [-0.2, -0.15) is 0 Å². The Balaban J connectivity index is 2.03. The first kappa shape index (κ1) is 14.7. The van der Waals surface area contributed by atoms with Crippen LogP contribution in [0.15, 0.2) is 24.3 Å². The third-order valence-electron chi connectivity index (χ3n) is 3.68. The van der Waals surface area contributed by atoms with E-state index in [1.165, 1.54) is 6.42 Å². The highest BCUT2D eigenvalue weighted by Gasteiger charge is 2.28. The average Bonchev–Trinajstić information content (AvgIpc) is 2.41. The van der Waals surface area contributed by atoms with Gasteiger partial charge in [-0.3, -0.25) is 0 Å². The second kappa shape index (κ2) is 7.14. The number of carbonyl (C=O) groups is 1. The quantitative estimate of drug-likeness (QED) is 0.840. The molecular weight excluding hydrogens is 256 g/mol. The van der Waals surface area contributed by atoms with E-state index in [0.29, 0.717) is 30.4 Å². The maximum absolute atomic E-state index is 12.4. The number of benzene rings is 1. The summed E-state index contributed by atoms with van der Waals surface area (Å²) >= 11 is 0. The van der Waals surface area contributed by atoms with Crippen molar-refractivity contribution >= 4 is 11.7 Å².